The lowest BCUT2D eigenvalue weighted by Crippen LogP contribution is -2.57. The summed E-state index contributed by atoms with van der Waals surface area (Å²) >= 11 is 5.71. The lowest BCUT2D eigenvalue weighted by molar-refractivity contribution is -0.126. The van der Waals surface area contributed by atoms with Crippen molar-refractivity contribution in [2.75, 3.05) is 0 Å². The Bertz CT molecular complexity index is 891. The molecule has 0 aliphatic heterocycles. The summed E-state index contributed by atoms with van der Waals surface area (Å²) in [6.45, 7) is 3.27. The number of sulfonamides is 1. The van der Waals surface area contributed by atoms with Crippen LogP contribution in [0.15, 0.2) is 23.1 Å². The van der Waals surface area contributed by atoms with Gasteiger partial charge >= 0.3 is 0 Å². The zero-order chi connectivity index (χ0) is 21.0. The standard InChI is InChI=1S/C21H28ClFN2O3S/c1-21(2,25-29(27,28)18-4-3-16(22)10-17(18)23)11-19(26)24-20-14-6-12-5-13(8-14)9-15(20)7-12/h3-4,10,12-15,20,25H,5-9,11H2,1-2H3,(H,24,26). The average molecular weight is 443 g/mol. The monoisotopic (exact) mass is 442 g/mol. The van der Waals surface area contributed by atoms with Crippen molar-refractivity contribution in [2.24, 2.45) is 23.7 Å². The molecule has 5 rings (SSSR count). The Kier molecular flexibility index (Phi) is 5.45. The SMILES string of the molecule is CC(C)(CC(=O)NC1C2CC3CC(C2)CC1C3)NS(=O)(=O)c1ccc(Cl)cc1F. The van der Waals surface area contributed by atoms with E-state index >= 15 is 0 Å². The highest BCUT2D eigenvalue weighted by atomic mass is 35.5. The van der Waals surface area contributed by atoms with Crippen LogP contribution in [0.25, 0.3) is 0 Å². The molecule has 160 valence electrons. The van der Waals surface area contributed by atoms with Crippen molar-refractivity contribution >= 4 is 27.5 Å². The van der Waals surface area contributed by atoms with E-state index in [9.17, 15) is 17.6 Å². The number of nitrogens with one attached hydrogen (secondary N) is 2. The van der Waals surface area contributed by atoms with Crippen LogP contribution in [0.1, 0.15) is 52.4 Å². The van der Waals surface area contributed by atoms with Crippen LogP contribution in [0, 0.1) is 29.5 Å². The molecule has 1 aromatic carbocycles. The first kappa shape index (κ1) is 21.1. The Balaban J connectivity index is 1.40. The van der Waals surface area contributed by atoms with Gasteiger partial charge in [0.2, 0.25) is 15.9 Å². The molecule has 1 amide bonds. The van der Waals surface area contributed by atoms with E-state index in [-0.39, 0.29) is 23.4 Å². The third kappa shape index (κ3) is 4.47. The van der Waals surface area contributed by atoms with Crippen molar-refractivity contribution in [1.82, 2.24) is 10.0 Å². The van der Waals surface area contributed by atoms with Crippen LogP contribution in [0.4, 0.5) is 4.39 Å². The van der Waals surface area contributed by atoms with Gasteiger partial charge in [-0.25, -0.2) is 17.5 Å². The van der Waals surface area contributed by atoms with Crippen LogP contribution in [-0.4, -0.2) is 25.9 Å². The van der Waals surface area contributed by atoms with Gasteiger partial charge < -0.3 is 5.32 Å². The molecule has 0 unspecified atom stereocenters. The van der Waals surface area contributed by atoms with E-state index in [0.29, 0.717) is 11.8 Å². The molecule has 4 bridgehead atoms. The molecule has 0 aromatic heterocycles. The van der Waals surface area contributed by atoms with Crippen LogP contribution in [0.3, 0.4) is 0 Å². The number of hydrogen-bond donors (Lipinski definition) is 2. The van der Waals surface area contributed by atoms with Gasteiger partial charge in [0.1, 0.15) is 10.7 Å². The maximum atomic E-state index is 14.1. The quantitative estimate of drug-likeness (QED) is 0.702. The Labute approximate surface area is 176 Å². The highest BCUT2D eigenvalue weighted by molar-refractivity contribution is 7.89. The molecule has 8 heteroatoms. The molecule has 4 saturated carbocycles. The van der Waals surface area contributed by atoms with Crippen molar-refractivity contribution in [1.29, 1.82) is 0 Å². The van der Waals surface area contributed by atoms with E-state index < -0.39 is 26.3 Å². The summed E-state index contributed by atoms with van der Waals surface area (Å²) in [6, 6.07) is 3.62. The minimum atomic E-state index is -4.12. The number of rotatable bonds is 6. The minimum absolute atomic E-state index is 0.00969. The first-order chi connectivity index (χ1) is 13.5. The van der Waals surface area contributed by atoms with Crippen molar-refractivity contribution in [3.8, 4) is 0 Å². The van der Waals surface area contributed by atoms with Crippen molar-refractivity contribution in [3.05, 3.63) is 29.0 Å². The number of hydrogen-bond acceptors (Lipinski definition) is 3. The summed E-state index contributed by atoms with van der Waals surface area (Å²) < 4.78 is 41.8. The predicted octanol–water partition coefficient (Wildman–Crippen LogP) is 3.87. The van der Waals surface area contributed by atoms with Gasteiger partial charge in [0.15, 0.2) is 0 Å². The molecule has 0 atom stereocenters. The number of benzene rings is 1. The Morgan fingerprint density at radius 2 is 1.72 bits per heavy atom. The average Bonchev–Trinajstić information content (AvgIpc) is 2.55. The maximum absolute atomic E-state index is 14.1. The molecule has 4 aliphatic rings. The number of carbonyl (C=O) groups is 1. The van der Waals surface area contributed by atoms with Gasteiger partial charge in [-0.2, -0.15) is 0 Å². The Morgan fingerprint density at radius 1 is 1.14 bits per heavy atom. The van der Waals surface area contributed by atoms with Crippen LogP contribution in [0.5, 0.6) is 0 Å². The summed E-state index contributed by atoms with van der Waals surface area (Å²) in [7, 11) is -4.12. The molecule has 5 nitrogen and oxygen atoms in total. The third-order valence-electron chi connectivity index (χ3n) is 6.75. The van der Waals surface area contributed by atoms with Gasteiger partial charge in [-0.1, -0.05) is 11.6 Å². The molecule has 0 saturated heterocycles. The molecule has 0 spiro atoms. The number of amides is 1. The first-order valence-electron chi connectivity index (χ1n) is 10.3. The molecule has 4 aliphatic carbocycles. The largest absolute Gasteiger partial charge is 0.353 e. The maximum Gasteiger partial charge on any atom is 0.243 e. The van der Waals surface area contributed by atoms with Gasteiger partial charge in [-0.15, -0.1) is 0 Å². The predicted molar refractivity (Wildman–Crippen MR) is 109 cm³/mol. The summed E-state index contributed by atoms with van der Waals surface area (Å²) in [5.74, 6) is 1.67. The molecule has 4 fully saturated rings. The lowest BCUT2D eigenvalue weighted by Gasteiger charge is -2.54. The van der Waals surface area contributed by atoms with Gasteiger partial charge in [0, 0.05) is 23.0 Å². The van der Waals surface area contributed by atoms with E-state index in [2.05, 4.69) is 10.0 Å². The molecular weight excluding hydrogens is 415 g/mol. The summed E-state index contributed by atoms with van der Waals surface area (Å²) in [4.78, 5) is 12.3. The summed E-state index contributed by atoms with van der Waals surface area (Å²) in [5, 5.41) is 3.32. The van der Waals surface area contributed by atoms with Crippen LogP contribution in [0.2, 0.25) is 5.02 Å². The van der Waals surface area contributed by atoms with Crippen LogP contribution >= 0.6 is 11.6 Å². The molecule has 29 heavy (non-hydrogen) atoms. The Morgan fingerprint density at radius 3 is 2.28 bits per heavy atom. The van der Waals surface area contributed by atoms with Crippen LogP contribution in [-0.2, 0) is 14.8 Å². The van der Waals surface area contributed by atoms with Crippen molar-refractivity contribution in [2.45, 2.75) is 68.8 Å². The van der Waals surface area contributed by atoms with E-state index in [1.807, 2.05) is 0 Å². The molecule has 0 heterocycles. The number of carbonyl (C=O) groups excluding carboxylic acids is 1. The second kappa shape index (κ2) is 7.50. The number of halogens is 2. The fourth-order valence-electron chi connectivity index (χ4n) is 5.95. The first-order valence-corrected chi connectivity index (χ1v) is 12.2. The summed E-state index contributed by atoms with van der Waals surface area (Å²) in [5.41, 5.74) is -1.05. The van der Waals surface area contributed by atoms with Crippen molar-refractivity contribution in [3.63, 3.8) is 0 Å². The second-order valence-electron chi connectivity index (χ2n) is 9.76. The summed E-state index contributed by atoms with van der Waals surface area (Å²) in [6.07, 6.45) is 6.13. The minimum Gasteiger partial charge on any atom is -0.353 e. The smallest absolute Gasteiger partial charge is 0.243 e. The fraction of sp³-hybridized carbons (Fsp3) is 0.667. The second-order valence-corrected chi connectivity index (χ2v) is 11.9. The third-order valence-corrected chi connectivity index (χ3v) is 8.72. The Hall–Kier alpha value is -1.18. The topological polar surface area (TPSA) is 75.3 Å². The van der Waals surface area contributed by atoms with Gasteiger partial charge in [-0.3, -0.25) is 4.79 Å². The molecular formula is C21H28ClFN2O3S. The van der Waals surface area contributed by atoms with Crippen molar-refractivity contribution < 1.29 is 17.6 Å². The highest BCUT2D eigenvalue weighted by Crippen LogP contribution is 2.53. The van der Waals surface area contributed by atoms with E-state index in [0.717, 1.165) is 24.0 Å². The zero-order valence-electron chi connectivity index (χ0n) is 16.8. The fourth-order valence-corrected chi connectivity index (χ4v) is 7.58. The van der Waals surface area contributed by atoms with Gasteiger partial charge in [-0.05, 0) is 87.8 Å². The van der Waals surface area contributed by atoms with E-state index in [1.54, 1.807) is 13.8 Å². The highest BCUT2D eigenvalue weighted by Gasteiger charge is 2.48. The van der Waals surface area contributed by atoms with Gasteiger partial charge in [0.25, 0.3) is 0 Å². The normalized spacial score (nSPS) is 31.1. The molecule has 1 aromatic rings. The van der Waals surface area contributed by atoms with E-state index in [4.69, 9.17) is 11.6 Å². The van der Waals surface area contributed by atoms with Gasteiger partial charge in [0.05, 0.1) is 0 Å². The van der Waals surface area contributed by atoms with E-state index in [1.165, 1.54) is 38.2 Å². The lowest BCUT2D eigenvalue weighted by atomic mass is 9.54. The molecule has 0 radical (unpaired) electrons. The zero-order valence-corrected chi connectivity index (χ0v) is 18.3. The molecule has 2 N–H and O–H groups in total. The van der Waals surface area contributed by atoms with Crippen LogP contribution < -0.4 is 10.0 Å².